The predicted molar refractivity (Wildman–Crippen MR) is 49.6 cm³/mol. The number of nitrogen functional groups attached to an aromatic ring is 1. The van der Waals surface area contributed by atoms with Crippen molar-refractivity contribution in [2.75, 3.05) is 12.8 Å². The van der Waals surface area contributed by atoms with Gasteiger partial charge in [0.1, 0.15) is 4.47 Å². The van der Waals surface area contributed by atoms with Gasteiger partial charge in [-0.1, -0.05) is 7.43 Å². The molecule has 62 valence electrons. The second-order valence-corrected chi connectivity index (χ2v) is 2.52. The van der Waals surface area contributed by atoms with Crippen LogP contribution in [0.4, 0.5) is 5.69 Å². The number of hydrogen-bond donors (Lipinski definition) is 1. The van der Waals surface area contributed by atoms with Crippen molar-refractivity contribution >= 4 is 21.6 Å². The van der Waals surface area contributed by atoms with Gasteiger partial charge in [0.05, 0.1) is 12.8 Å². The van der Waals surface area contributed by atoms with Gasteiger partial charge < -0.3 is 10.5 Å². The molecule has 3 nitrogen and oxygen atoms in total. The lowest BCUT2D eigenvalue weighted by Crippen LogP contribution is -1.92. The highest BCUT2D eigenvalue weighted by atomic mass is 79.9. The molecule has 0 unspecified atom stereocenters. The van der Waals surface area contributed by atoms with E-state index in [1.165, 1.54) is 0 Å². The number of ether oxygens (including phenoxy) is 1. The normalized spacial score (nSPS) is 8.55. The summed E-state index contributed by atoms with van der Waals surface area (Å²) in [4.78, 5) is 3.91. The molecule has 0 aliphatic carbocycles. The van der Waals surface area contributed by atoms with Crippen molar-refractivity contribution in [3.63, 3.8) is 0 Å². The second kappa shape index (κ2) is 4.18. The lowest BCUT2D eigenvalue weighted by atomic mass is 10.4. The fourth-order valence-corrected chi connectivity index (χ4v) is 0.977. The summed E-state index contributed by atoms with van der Waals surface area (Å²) in [6.45, 7) is 0. The number of nitrogens with zero attached hydrogens (tertiary/aromatic N) is 1. The van der Waals surface area contributed by atoms with E-state index in [2.05, 4.69) is 20.9 Å². The Morgan fingerprint density at radius 3 is 2.73 bits per heavy atom. The standard InChI is InChI=1S/C6H7BrN2O.CH4/c1-10-6-5(7)4(8)2-3-9-6;/h2-3H,1H3,(H2,8,9);1H4. The number of anilines is 1. The van der Waals surface area contributed by atoms with E-state index in [0.717, 1.165) is 0 Å². The fourth-order valence-electron chi connectivity index (χ4n) is 0.581. The average Bonchev–Trinajstić information content (AvgIpc) is 1.95. The average molecular weight is 219 g/mol. The third-order valence-electron chi connectivity index (χ3n) is 1.08. The van der Waals surface area contributed by atoms with Crippen molar-refractivity contribution in [1.29, 1.82) is 0 Å². The van der Waals surface area contributed by atoms with E-state index < -0.39 is 0 Å². The molecule has 0 fully saturated rings. The topological polar surface area (TPSA) is 48.1 Å². The van der Waals surface area contributed by atoms with Crippen LogP contribution < -0.4 is 10.5 Å². The summed E-state index contributed by atoms with van der Waals surface area (Å²) in [7, 11) is 1.55. The SMILES string of the molecule is C.COc1nccc(N)c1Br. The molecule has 0 aromatic carbocycles. The molecule has 2 N–H and O–H groups in total. The van der Waals surface area contributed by atoms with Gasteiger partial charge in [-0.2, -0.15) is 0 Å². The molecule has 0 saturated carbocycles. The third-order valence-corrected chi connectivity index (χ3v) is 1.88. The minimum absolute atomic E-state index is 0. The Bertz CT molecular complexity index is 240. The fraction of sp³-hybridized carbons (Fsp3) is 0.286. The minimum atomic E-state index is 0. The van der Waals surface area contributed by atoms with Gasteiger partial charge in [-0.3, -0.25) is 0 Å². The van der Waals surface area contributed by atoms with Crippen LogP contribution in [0.3, 0.4) is 0 Å². The van der Waals surface area contributed by atoms with E-state index in [9.17, 15) is 0 Å². The van der Waals surface area contributed by atoms with Crippen LogP contribution >= 0.6 is 15.9 Å². The Hall–Kier alpha value is -0.770. The maximum Gasteiger partial charge on any atom is 0.229 e. The molecule has 1 rings (SSSR count). The first-order chi connectivity index (χ1) is 4.75. The Morgan fingerprint density at radius 2 is 2.27 bits per heavy atom. The van der Waals surface area contributed by atoms with E-state index in [1.807, 2.05) is 0 Å². The van der Waals surface area contributed by atoms with Gasteiger partial charge in [-0.05, 0) is 22.0 Å². The molecule has 1 aromatic heterocycles. The lowest BCUT2D eigenvalue weighted by Gasteiger charge is -2.01. The van der Waals surface area contributed by atoms with E-state index in [1.54, 1.807) is 19.4 Å². The summed E-state index contributed by atoms with van der Waals surface area (Å²) in [6, 6.07) is 1.70. The van der Waals surface area contributed by atoms with Crippen molar-refractivity contribution < 1.29 is 4.74 Å². The van der Waals surface area contributed by atoms with E-state index in [4.69, 9.17) is 10.5 Å². The molecular weight excluding hydrogens is 208 g/mol. The number of rotatable bonds is 1. The van der Waals surface area contributed by atoms with Gasteiger partial charge in [0.2, 0.25) is 5.88 Å². The van der Waals surface area contributed by atoms with Gasteiger partial charge in [-0.15, -0.1) is 0 Å². The second-order valence-electron chi connectivity index (χ2n) is 1.72. The Morgan fingerprint density at radius 1 is 1.64 bits per heavy atom. The molecule has 11 heavy (non-hydrogen) atoms. The monoisotopic (exact) mass is 218 g/mol. The van der Waals surface area contributed by atoms with Crippen LogP contribution in [0.2, 0.25) is 0 Å². The highest BCUT2D eigenvalue weighted by Gasteiger charge is 2.02. The van der Waals surface area contributed by atoms with Crippen molar-refractivity contribution in [2.24, 2.45) is 0 Å². The minimum Gasteiger partial charge on any atom is -0.480 e. The number of halogens is 1. The smallest absolute Gasteiger partial charge is 0.229 e. The van der Waals surface area contributed by atoms with Gasteiger partial charge in [-0.25, -0.2) is 4.98 Å². The van der Waals surface area contributed by atoms with Gasteiger partial charge in [0.15, 0.2) is 0 Å². The first-order valence-corrected chi connectivity index (χ1v) is 3.49. The van der Waals surface area contributed by atoms with Crippen LogP contribution in [-0.4, -0.2) is 12.1 Å². The number of pyridine rings is 1. The summed E-state index contributed by atoms with van der Waals surface area (Å²) >= 11 is 3.23. The Kier molecular flexibility index (Phi) is 3.89. The molecule has 0 spiro atoms. The van der Waals surface area contributed by atoms with E-state index >= 15 is 0 Å². The molecule has 1 heterocycles. The quantitative estimate of drug-likeness (QED) is 0.786. The molecule has 0 bridgehead atoms. The number of aromatic nitrogens is 1. The van der Waals surface area contributed by atoms with E-state index in [-0.39, 0.29) is 7.43 Å². The molecule has 0 amide bonds. The zero-order valence-corrected chi connectivity index (χ0v) is 7.05. The Labute approximate surface area is 74.7 Å². The number of methoxy groups -OCH3 is 1. The van der Waals surface area contributed by atoms with Crippen LogP contribution in [0.25, 0.3) is 0 Å². The Balaban J connectivity index is 0.000001000. The number of nitrogens with two attached hydrogens (primary N) is 1. The lowest BCUT2D eigenvalue weighted by molar-refractivity contribution is 0.395. The molecular formula is C7H11BrN2O. The number of hydrogen-bond acceptors (Lipinski definition) is 3. The van der Waals surface area contributed by atoms with Crippen molar-refractivity contribution in [1.82, 2.24) is 4.98 Å². The summed E-state index contributed by atoms with van der Waals surface area (Å²) < 4.78 is 5.59. The van der Waals surface area contributed by atoms with Gasteiger partial charge >= 0.3 is 0 Å². The molecule has 0 atom stereocenters. The van der Waals surface area contributed by atoms with Crippen LogP contribution in [0.1, 0.15) is 7.43 Å². The first-order valence-electron chi connectivity index (χ1n) is 2.69. The molecule has 4 heteroatoms. The highest BCUT2D eigenvalue weighted by Crippen LogP contribution is 2.26. The predicted octanol–water partition coefficient (Wildman–Crippen LogP) is 2.07. The largest absolute Gasteiger partial charge is 0.480 e. The van der Waals surface area contributed by atoms with Gasteiger partial charge in [0, 0.05) is 6.20 Å². The summed E-state index contributed by atoms with van der Waals surface area (Å²) in [5.41, 5.74) is 6.16. The molecule has 0 aliphatic rings. The third kappa shape index (κ3) is 2.08. The zero-order chi connectivity index (χ0) is 7.56. The van der Waals surface area contributed by atoms with Crippen molar-refractivity contribution in [3.05, 3.63) is 16.7 Å². The van der Waals surface area contributed by atoms with Crippen LogP contribution in [-0.2, 0) is 0 Å². The molecule has 1 aromatic rings. The molecule has 0 aliphatic heterocycles. The zero-order valence-electron chi connectivity index (χ0n) is 5.47. The van der Waals surface area contributed by atoms with Crippen molar-refractivity contribution in [2.45, 2.75) is 7.43 Å². The first kappa shape index (κ1) is 10.2. The summed E-state index contributed by atoms with van der Waals surface area (Å²) in [5, 5.41) is 0. The van der Waals surface area contributed by atoms with Crippen LogP contribution in [0.15, 0.2) is 16.7 Å². The van der Waals surface area contributed by atoms with Crippen LogP contribution in [0.5, 0.6) is 5.88 Å². The van der Waals surface area contributed by atoms with Gasteiger partial charge in [0.25, 0.3) is 0 Å². The highest BCUT2D eigenvalue weighted by molar-refractivity contribution is 9.10. The summed E-state index contributed by atoms with van der Waals surface area (Å²) in [5.74, 6) is 0.514. The van der Waals surface area contributed by atoms with Crippen molar-refractivity contribution in [3.8, 4) is 5.88 Å². The maximum absolute atomic E-state index is 5.53. The molecule has 0 saturated heterocycles. The maximum atomic E-state index is 5.53. The van der Waals surface area contributed by atoms with E-state index in [0.29, 0.717) is 16.0 Å². The van der Waals surface area contributed by atoms with Crippen LogP contribution in [0, 0.1) is 0 Å². The molecule has 0 radical (unpaired) electrons. The summed E-state index contributed by atoms with van der Waals surface area (Å²) in [6.07, 6.45) is 1.60.